The van der Waals surface area contributed by atoms with Crippen LogP contribution in [0.2, 0.25) is 0 Å². The zero-order chi connectivity index (χ0) is 23.4. The highest BCUT2D eigenvalue weighted by molar-refractivity contribution is 5.78. The number of piperidine rings is 1. The Hall–Kier alpha value is -3.63. The van der Waals surface area contributed by atoms with Crippen LogP contribution in [0.3, 0.4) is 0 Å². The number of alkyl halides is 3. The Bertz CT molecular complexity index is 1320. The Morgan fingerprint density at radius 1 is 1.03 bits per heavy atom. The van der Waals surface area contributed by atoms with Gasteiger partial charge in [0.05, 0.1) is 5.56 Å². The van der Waals surface area contributed by atoms with Crippen LogP contribution in [-0.4, -0.2) is 43.9 Å². The molecule has 1 aliphatic carbocycles. The third-order valence-electron chi connectivity index (χ3n) is 6.80. The number of halogens is 3. The van der Waals surface area contributed by atoms with Crippen molar-refractivity contribution >= 4 is 17.6 Å². The molecule has 11 heteroatoms. The van der Waals surface area contributed by atoms with E-state index in [-0.39, 0.29) is 6.04 Å². The number of anilines is 2. The summed E-state index contributed by atoms with van der Waals surface area (Å²) in [5.41, 5.74) is 1.29. The highest BCUT2D eigenvalue weighted by atomic mass is 19.4. The molecule has 3 atom stereocenters. The number of benzene rings is 1. The molecule has 3 aromatic heterocycles. The van der Waals surface area contributed by atoms with Crippen LogP contribution in [0, 0.1) is 18.8 Å². The first-order chi connectivity index (χ1) is 16.3. The number of aromatic nitrogens is 5. The molecule has 1 aromatic carbocycles. The monoisotopic (exact) mass is 469 g/mol. The minimum atomic E-state index is -4.37. The highest BCUT2D eigenvalue weighted by Crippen LogP contribution is 2.40. The molecule has 0 amide bonds. The van der Waals surface area contributed by atoms with Crippen molar-refractivity contribution in [3.63, 3.8) is 0 Å². The van der Waals surface area contributed by atoms with Gasteiger partial charge < -0.3 is 14.7 Å². The van der Waals surface area contributed by atoms with Gasteiger partial charge in [0.1, 0.15) is 0 Å². The van der Waals surface area contributed by atoms with Crippen LogP contribution in [0.25, 0.3) is 16.8 Å². The zero-order valence-corrected chi connectivity index (χ0v) is 18.3. The molecule has 6 rings (SSSR count). The molecule has 2 fully saturated rings. The maximum absolute atomic E-state index is 12.9. The van der Waals surface area contributed by atoms with E-state index in [0.717, 1.165) is 43.6 Å². The molecule has 1 aliphatic heterocycles. The first-order valence-corrected chi connectivity index (χ1v) is 11.2. The molecular weight excluding hydrogens is 447 g/mol. The standard InChI is InChI=1S/C23H22F3N7O/c1-13-27-22(34-31-13)32-11-15-4-5-16(12-32)19(15)28-21-29-20-18(3-2-10-33(20)30-21)14-6-8-17(9-7-14)23(24,25)26/h2-3,6-10,15-16,19H,4-5,11-12H2,1H3,(H,28,30)/t15-,16?,19?/m0/s1. The molecule has 0 radical (unpaired) electrons. The summed E-state index contributed by atoms with van der Waals surface area (Å²) in [4.78, 5) is 11.2. The summed E-state index contributed by atoms with van der Waals surface area (Å²) < 4.78 is 45.8. The predicted molar refractivity (Wildman–Crippen MR) is 118 cm³/mol. The van der Waals surface area contributed by atoms with E-state index >= 15 is 0 Å². The summed E-state index contributed by atoms with van der Waals surface area (Å²) >= 11 is 0. The Kier molecular flexibility index (Phi) is 4.75. The summed E-state index contributed by atoms with van der Waals surface area (Å²) in [5, 5.41) is 12.0. The van der Waals surface area contributed by atoms with Crippen LogP contribution >= 0.6 is 0 Å². The number of aryl methyl sites for hydroxylation is 1. The number of nitrogens with zero attached hydrogens (tertiary/aromatic N) is 6. The molecule has 0 spiro atoms. The quantitative estimate of drug-likeness (QED) is 0.473. The van der Waals surface area contributed by atoms with Gasteiger partial charge in [-0.05, 0) is 61.4 Å². The Balaban J connectivity index is 1.24. The Morgan fingerprint density at radius 3 is 2.41 bits per heavy atom. The minimum absolute atomic E-state index is 0.229. The summed E-state index contributed by atoms with van der Waals surface area (Å²) in [5.74, 6) is 1.93. The molecule has 4 heterocycles. The molecule has 2 aliphatic rings. The predicted octanol–water partition coefficient (Wildman–Crippen LogP) is 4.43. The topological polar surface area (TPSA) is 84.4 Å². The van der Waals surface area contributed by atoms with Gasteiger partial charge in [-0.25, -0.2) is 4.52 Å². The maximum Gasteiger partial charge on any atom is 0.416 e. The number of hydrogen-bond donors (Lipinski definition) is 1. The average Bonchev–Trinajstić information content (AvgIpc) is 3.48. The van der Waals surface area contributed by atoms with E-state index in [1.54, 1.807) is 10.7 Å². The van der Waals surface area contributed by atoms with Gasteiger partial charge in [-0.3, -0.25) is 0 Å². The molecule has 34 heavy (non-hydrogen) atoms. The Labute approximate surface area is 192 Å². The van der Waals surface area contributed by atoms with Crippen LogP contribution in [-0.2, 0) is 6.18 Å². The van der Waals surface area contributed by atoms with E-state index in [2.05, 4.69) is 25.5 Å². The first kappa shape index (κ1) is 20.9. The fourth-order valence-electron chi connectivity index (χ4n) is 5.21. The number of fused-ring (bicyclic) bond motifs is 3. The van der Waals surface area contributed by atoms with Crippen molar-refractivity contribution in [2.45, 2.75) is 32.0 Å². The second-order valence-corrected chi connectivity index (χ2v) is 9.00. The van der Waals surface area contributed by atoms with E-state index in [1.807, 2.05) is 19.1 Å². The van der Waals surface area contributed by atoms with E-state index in [4.69, 9.17) is 9.51 Å². The van der Waals surface area contributed by atoms with Crippen molar-refractivity contribution < 1.29 is 17.7 Å². The van der Waals surface area contributed by atoms with Crippen molar-refractivity contribution in [2.24, 2.45) is 11.8 Å². The van der Waals surface area contributed by atoms with Gasteiger partial charge in [0, 0.05) is 30.9 Å². The van der Waals surface area contributed by atoms with Gasteiger partial charge in [0.15, 0.2) is 11.5 Å². The smallest absolute Gasteiger partial charge is 0.349 e. The number of hydrogen-bond acceptors (Lipinski definition) is 7. The van der Waals surface area contributed by atoms with Crippen LogP contribution in [0.4, 0.5) is 25.1 Å². The largest absolute Gasteiger partial charge is 0.416 e. The fraction of sp³-hybridized carbons (Fsp3) is 0.391. The maximum atomic E-state index is 12.9. The molecule has 2 bridgehead atoms. The van der Waals surface area contributed by atoms with Gasteiger partial charge in [-0.2, -0.15) is 23.1 Å². The number of rotatable bonds is 4. The normalized spacial score (nSPS) is 22.5. The number of nitrogens with one attached hydrogen (secondary N) is 1. The highest BCUT2D eigenvalue weighted by Gasteiger charge is 2.43. The molecule has 1 N–H and O–H groups in total. The lowest BCUT2D eigenvalue weighted by Crippen LogP contribution is -2.48. The molecule has 176 valence electrons. The number of pyridine rings is 1. The zero-order valence-electron chi connectivity index (χ0n) is 18.3. The summed E-state index contributed by atoms with van der Waals surface area (Å²) in [6, 6.07) is 9.56. The van der Waals surface area contributed by atoms with Gasteiger partial charge >= 0.3 is 12.2 Å². The molecule has 4 aromatic rings. The molecule has 8 nitrogen and oxygen atoms in total. The lowest BCUT2D eigenvalue weighted by molar-refractivity contribution is -0.137. The van der Waals surface area contributed by atoms with Crippen LogP contribution in [0.1, 0.15) is 24.2 Å². The van der Waals surface area contributed by atoms with E-state index in [0.29, 0.717) is 40.8 Å². The van der Waals surface area contributed by atoms with Gasteiger partial charge in [-0.1, -0.05) is 17.3 Å². The van der Waals surface area contributed by atoms with Crippen LogP contribution in [0.5, 0.6) is 0 Å². The van der Waals surface area contributed by atoms with Crippen molar-refractivity contribution in [3.05, 3.63) is 54.0 Å². The van der Waals surface area contributed by atoms with Crippen molar-refractivity contribution in [2.75, 3.05) is 23.3 Å². The summed E-state index contributed by atoms with van der Waals surface area (Å²) in [6.07, 6.45) is -0.393. The molecule has 2 unspecified atom stereocenters. The van der Waals surface area contributed by atoms with Gasteiger partial charge in [0.25, 0.3) is 0 Å². The third-order valence-corrected chi connectivity index (χ3v) is 6.80. The molecule has 1 saturated heterocycles. The second-order valence-electron chi connectivity index (χ2n) is 9.00. The van der Waals surface area contributed by atoms with Gasteiger partial charge in [-0.15, -0.1) is 5.10 Å². The van der Waals surface area contributed by atoms with Crippen molar-refractivity contribution in [1.82, 2.24) is 24.7 Å². The van der Waals surface area contributed by atoms with E-state index in [1.165, 1.54) is 12.1 Å². The van der Waals surface area contributed by atoms with Crippen molar-refractivity contribution in [3.8, 4) is 11.1 Å². The summed E-state index contributed by atoms with van der Waals surface area (Å²) in [6.45, 7) is 3.45. The van der Waals surface area contributed by atoms with Crippen molar-refractivity contribution in [1.29, 1.82) is 0 Å². The Morgan fingerprint density at radius 2 is 1.76 bits per heavy atom. The molecular formula is C23H22F3N7O. The fourth-order valence-corrected chi connectivity index (χ4v) is 5.21. The minimum Gasteiger partial charge on any atom is -0.349 e. The van der Waals surface area contributed by atoms with Gasteiger partial charge in [0.2, 0.25) is 5.95 Å². The lowest BCUT2D eigenvalue weighted by atomic mass is 9.92. The van der Waals surface area contributed by atoms with E-state index in [9.17, 15) is 13.2 Å². The first-order valence-electron chi connectivity index (χ1n) is 11.2. The lowest BCUT2D eigenvalue weighted by Gasteiger charge is -2.37. The van der Waals surface area contributed by atoms with Crippen LogP contribution < -0.4 is 10.2 Å². The third kappa shape index (κ3) is 3.64. The van der Waals surface area contributed by atoms with E-state index < -0.39 is 11.7 Å². The summed E-state index contributed by atoms with van der Waals surface area (Å²) in [7, 11) is 0. The SMILES string of the molecule is Cc1noc(N2CC3CC[C@@H](C2)C3Nc2nc3c(-c4ccc(C(F)(F)F)cc4)cccn3n2)n1. The van der Waals surface area contributed by atoms with Crippen LogP contribution in [0.15, 0.2) is 47.1 Å². The average molecular weight is 469 g/mol. The molecule has 1 saturated carbocycles. The second kappa shape index (κ2) is 7.71.